The molecule has 0 saturated carbocycles. The number of fused-ring (bicyclic) bond motifs is 4. The molecule has 9 heteroatoms. The summed E-state index contributed by atoms with van der Waals surface area (Å²) in [4.78, 5) is 41.9. The summed E-state index contributed by atoms with van der Waals surface area (Å²) in [7, 11) is 1.66. The molecule has 4 fully saturated rings. The molecular formula is C32H36N4O5. The zero-order chi connectivity index (χ0) is 29.1. The molecule has 1 aromatic heterocycles. The van der Waals surface area contributed by atoms with Crippen molar-refractivity contribution in [2.75, 3.05) is 20.2 Å². The van der Waals surface area contributed by atoms with Gasteiger partial charge in [0.25, 0.3) is 0 Å². The van der Waals surface area contributed by atoms with Crippen LogP contribution in [0.4, 0.5) is 4.79 Å². The average molecular weight is 557 g/mol. The van der Waals surface area contributed by atoms with Crippen molar-refractivity contribution in [2.45, 2.75) is 43.7 Å². The van der Waals surface area contributed by atoms with Gasteiger partial charge in [-0.15, -0.1) is 6.58 Å². The Morgan fingerprint density at radius 3 is 2.49 bits per heavy atom. The van der Waals surface area contributed by atoms with E-state index in [1.54, 1.807) is 50.6 Å². The second kappa shape index (κ2) is 11.8. The molecule has 4 saturated heterocycles. The van der Waals surface area contributed by atoms with Gasteiger partial charge in [-0.1, -0.05) is 43.3 Å². The molecule has 3 N–H and O–H groups in total. The third-order valence-corrected chi connectivity index (χ3v) is 8.85. The number of hydrogen-bond acceptors (Lipinski definition) is 7. The van der Waals surface area contributed by atoms with Crippen LogP contribution >= 0.6 is 0 Å². The van der Waals surface area contributed by atoms with E-state index in [0.717, 1.165) is 41.7 Å². The molecule has 2 aromatic carbocycles. The van der Waals surface area contributed by atoms with Gasteiger partial charge in [-0.05, 0) is 73.0 Å². The monoisotopic (exact) mass is 556 g/mol. The van der Waals surface area contributed by atoms with E-state index in [4.69, 9.17) is 4.74 Å². The van der Waals surface area contributed by atoms with Crippen molar-refractivity contribution in [3.8, 4) is 5.75 Å². The lowest BCUT2D eigenvalue weighted by molar-refractivity contribution is -0.138. The molecule has 4 aliphatic rings. The molecule has 0 aliphatic carbocycles. The lowest BCUT2D eigenvalue weighted by Gasteiger charge is -2.50. The van der Waals surface area contributed by atoms with E-state index < -0.39 is 29.4 Å². The first kappa shape index (κ1) is 28.4. The van der Waals surface area contributed by atoms with Gasteiger partial charge in [0.1, 0.15) is 5.75 Å². The number of carbonyl (C=O) groups excluding carboxylic acids is 3. The van der Waals surface area contributed by atoms with Crippen molar-refractivity contribution in [1.82, 2.24) is 20.5 Å². The maximum Gasteiger partial charge on any atom is 0.328 e. The summed E-state index contributed by atoms with van der Waals surface area (Å²) in [6, 6.07) is 15.9. The number of carbonyl (C=O) groups is 3. The van der Waals surface area contributed by atoms with Crippen LogP contribution < -0.4 is 15.4 Å². The maximum atomic E-state index is 12.0. The number of rotatable bonds is 6. The second-order valence-corrected chi connectivity index (χ2v) is 10.8. The van der Waals surface area contributed by atoms with E-state index in [9.17, 15) is 19.5 Å². The molecule has 0 spiro atoms. The first-order valence-electron chi connectivity index (χ1n) is 14.0. The number of imide groups is 2. The standard InChI is InChI=1S/C20H24N2O2.C12H12N2O3/c1-3-13-12-22-9-7-14(13)10-19(22)20(23)16-6-8-21-18-5-4-15(24-2)11-17(16)18;1-2-12(8-6-4-3-5-7-8)9(15)13-11(17)14-10(12)16/h3-6,8,11,13-14,19-20,23H,1,7,9-10,12H2,2H3;3-7H,2H2,1H3,(H2,13,14,15,16,17)/t13-,14-,19-,20+;/m0./s1. The van der Waals surface area contributed by atoms with Crippen LogP contribution in [0.3, 0.4) is 0 Å². The Balaban J connectivity index is 0.000000175. The largest absolute Gasteiger partial charge is 0.497 e. The van der Waals surface area contributed by atoms with Crippen LogP contribution in [0.25, 0.3) is 10.9 Å². The van der Waals surface area contributed by atoms with Crippen LogP contribution in [-0.4, -0.2) is 59.1 Å². The number of pyridine rings is 1. The minimum atomic E-state index is -1.31. The number of amides is 4. The molecule has 7 rings (SSSR count). The van der Waals surface area contributed by atoms with Crippen LogP contribution in [0, 0.1) is 11.8 Å². The summed E-state index contributed by atoms with van der Waals surface area (Å²) in [5.74, 6) is 0.868. The van der Waals surface area contributed by atoms with Gasteiger partial charge in [-0.2, -0.15) is 0 Å². The Morgan fingerprint density at radius 1 is 1.15 bits per heavy atom. The molecule has 1 unspecified atom stereocenters. The summed E-state index contributed by atoms with van der Waals surface area (Å²) in [6.45, 7) is 7.81. The zero-order valence-corrected chi connectivity index (χ0v) is 23.4. The Labute approximate surface area is 239 Å². The molecule has 5 atom stereocenters. The third kappa shape index (κ3) is 5.23. The highest BCUT2D eigenvalue weighted by Gasteiger charge is 2.50. The van der Waals surface area contributed by atoms with Gasteiger partial charge in [-0.25, -0.2) is 4.79 Å². The average Bonchev–Trinajstić information content (AvgIpc) is 3.01. The van der Waals surface area contributed by atoms with Gasteiger partial charge < -0.3 is 9.84 Å². The van der Waals surface area contributed by atoms with E-state index in [2.05, 4.69) is 33.2 Å². The summed E-state index contributed by atoms with van der Waals surface area (Å²) in [5, 5.41) is 16.4. The van der Waals surface area contributed by atoms with Crippen molar-refractivity contribution in [2.24, 2.45) is 11.8 Å². The van der Waals surface area contributed by atoms with E-state index >= 15 is 0 Å². The number of urea groups is 1. The first-order chi connectivity index (χ1) is 19.8. The van der Waals surface area contributed by atoms with Gasteiger partial charge in [-0.3, -0.25) is 30.1 Å². The second-order valence-electron chi connectivity index (χ2n) is 10.8. The van der Waals surface area contributed by atoms with Crippen LogP contribution in [0.5, 0.6) is 5.75 Å². The molecule has 4 aliphatic heterocycles. The van der Waals surface area contributed by atoms with Crippen molar-refractivity contribution < 1.29 is 24.2 Å². The van der Waals surface area contributed by atoms with Crippen LogP contribution in [0.1, 0.15) is 43.4 Å². The number of hydrogen-bond donors (Lipinski definition) is 3. The SMILES string of the molecule is C=C[C@H]1CN2CC[C@H]1C[C@H]2[C@H](O)c1ccnc2ccc(OC)cc12.CCC1(c2ccccc2)C(=O)NC(=O)NC1=O. The highest BCUT2D eigenvalue weighted by Crippen LogP contribution is 2.42. The third-order valence-electron chi connectivity index (χ3n) is 8.85. The number of methoxy groups -OCH3 is 1. The van der Waals surface area contributed by atoms with Gasteiger partial charge in [0.2, 0.25) is 11.8 Å². The first-order valence-corrected chi connectivity index (χ1v) is 14.0. The number of benzene rings is 2. The smallest absolute Gasteiger partial charge is 0.328 e. The van der Waals surface area contributed by atoms with Crippen molar-refractivity contribution in [1.29, 1.82) is 0 Å². The molecule has 2 bridgehead atoms. The van der Waals surface area contributed by atoms with Crippen LogP contribution in [0.2, 0.25) is 0 Å². The fourth-order valence-corrected chi connectivity index (χ4v) is 6.51. The number of aromatic nitrogens is 1. The summed E-state index contributed by atoms with van der Waals surface area (Å²) in [6.07, 6.45) is 5.91. The van der Waals surface area contributed by atoms with Crippen molar-refractivity contribution >= 4 is 28.7 Å². The normalized spacial score (nSPS) is 25.4. The van der Waals surface area contributed by atoms with Crippen molar-refractivity contribution in [3.05, 3.63) is 84.6 Å². The summed E-state index contributed by atoms with van der Waals surface area (Å²) in [5.41, 5.74) is 1.12. The van der Waals surface area contributed by atoms with Gasteiger partial charge in [0, 0.05) is 24.2 Å². The maximum absolute atomic E-state index is 12.0. The Morgan fingerprint density at radius 2 is 1.88 bits per heavy atom. The highest BCUT2D eigenvalue weighted by molar-refractivity contribution is 6.22. The number of nitrogens with zero attached hydrogens (tertiary/aromatic N) is 2. The topological polar surface area (TPSA) is 121 Å². The Hall–Kier alpha value is -4.08. The van der Waals surface area contributed by atoms with E-state index in [-0.39, 0.29) is 6.04 Å². The van der Waals surface area contributed by atoms with Gasteiger partial charge in [0.05, 0.1) is 18.7 Å². The summed E-state index contributed by atoms with van der Waals surface area (Å²) >= 11 is 0. The Bertz CT molecular complexity index is 1440. The van der Waals surface area contributed by atoms with Gasteiger partial charge in [0.15, 0.2) is 5.41 Å². The number of aliphatic hydroxyl groups is 1. The highest BCUT2D eigenvalue weighted by atomic mass is 16.5. The predicted octanol–water partition coefficient (Wildman–Crippen LogP) is 3.87. The number of ether oxygens (including phenoxy) is 1. The predicted molar refractivity (Wildman–Crippen MR) is 155 cm³/mol. The minimum Gasteiger partial charge on any atom is -0.497 e. The quantitative estimate of drug-likeness (QED) is 0.311. The fourth-order valence-electron chi connectivity index (χ4n) is 6.51. The summed E-state index contributed by atoms with van der Waals surface area (Å²) < 4.78 is 5.35. The van der Waals surface area contributed by atoms with E-state index in [1.165, 1.54) is 6.42 Å². The molecule has 0 radical (unpaired) electrons. The molecule has 3 aromatic rings. The molecular weight excluding hydrogens is 520 g/mol. The lowest BCUT2D eigenvalue weighted by atomic mass is 9.73. The zero-order valence-electron chi connectivity index (χ0n) is 23.4. The molecule has 214 valence electrons. The van der Waals surface area contributed by atoms with Crippen LogP contribution in [-0.2, 0) is 15.0 Å². The number of aliphatic hydroxyl groups excluding tert-OH is 1. The molecule has 41 heavy (non-hydrogen) atoms. The van der Waals surface area contributed by atoms with Crippen molar-refractivity contribution in [3.63, 3.8) is 0 Å². The van der Waals surface area contributed by atoms with Crippen LogP contribution in [0.15, 0.2) is 73.4 Å². The molecule has 5 heterocycles. The van der Waals surface area contributed by atoms with E-state index in [0.29, 0.717) is 23.8 Å². The molecule has 4 amide bonds. The fraction of sp³-hybridized carbons (Fsp3) is 0.375. The number of barbiturate groups is 1. The number of piperidine rings is 3. The number of nitrogens with one attached hydrogen (secondary N) is 2. The van der Waals surface area contributed by atoms with Gasteiger partial charge >= 0.3 is 6.03 Å². The lowest BCUT2D eigenvalue weighted by Crippen LogP contribution is -2.64. The minimum absolute atomic E-state index is 0.178. The van der Waals surface area contributed by atoms with E-state index in [1.807, 2.05) is 24.3 Å². The Kier molecular flexibility index (Phi) is 8.19. The molecule has 9 nitrogen and oxygen atoms in total.